The second-order valence-corrected chi connectivity index (χ2v) is 5.47. The van der Waals surface area contributed by atoms with Crippen LogP contribution in [0.3, 0.4) is 0 Å². The molecule has 6 heteroatoms. The van der Waals surface area contributed by atoms with Gasteiger partial charge < -0.3 is 9.42 Å². The summed E-state index contributed by atoms with van der Waals surface area (Å²) in [6.07, 6.45) is 5.94. The van der Waals surface area contributed by atoms with Crippen LogP contribution in [0, 0.1) is 11.8 Å². The molecule has 2 aromatic heterocycles. The molecule has 6 nitrogen and oxygen atoms in total. The Morgan fingerprint density at radius 1 is 1.30 bits per heavy atom. The minimum Gasteiger partial charge on any atom is -0.335 e. The first-order valence-corrected chi connectivity index (χ1v) is 6.84. The lowest BCUT2D eigenvalue weighted by Gasteiger charge is -2.38. The Hall–Kier alpha value is -2.24. The first-order valence-electron chi connectivity index (χ1n) is 6.84. The van der Waals surface area contributed by atoms with Crippen LogP contribution in [-0.2, 0) is 0 Å². The highest BCUT2D eigenvalue weighted by molar-refractivity contribution is 5.91. The van der Waals surface area contributed by atoms with Crippen LogP contribution in [0.25, 0.3) is 11.5 Å². The Morgan fingerprint density at radius 2 is 2.15 bits per heavy atom. The van der Waals surface area contributed by atoms with Gasteiger partial charge in [0.2, 0.25) is 0 Å². The third kappa shape index (κ3) is 1.97. The zero-order chi connectivity index (χ0) is 13.5. The van der Waals surface area contributed by atoms with Gasteiger partial charge in [0, 0.05) is 25.5 Å². The van der Waals surface area contributed by atoms with Gasteiger partial charge in [0.05, 0.1) is 5.56 Å². The summed E-state index contributed by atoms with van der Waals surface area (Å²) in [5, 5.41) is 3.78. The van der Waals surface area contributed by atoms with Crippen LogP contribution in [0.5, 0.6) is 0 Å². The molecule has 0 radical (unpaired) electrons. The molecule has 0 N–H and O–H groups in total. The van der Waals surface area contributed by atoms with Gasteiger partial charge in [-0.05, 0) is 36.8 Å². The predicted octanol–water partition coefficient (Wildman–Crippen LogP) is 1.61. The van der Waals surface area contributed by atoms with Crippen molar-refractivity contribution >= 4 is 5.91 Å². The van der Waals surface area contributed by atoms with Gasteiger partial charge >= 0.3 is 0 Å². The van der Waals surface area contributed by atoms with E-state index in [4.69, 9.17) is 4.52 Å². The summed E-state index contributed by atoms with van der Waals surface area (Å²) >= 11 is 0. The Labute approximate surface area is 115 Å². The first kappa shape index (κ1) is 11.6. The molecule has 1 aliphatic heterocycles. The number of likely N-dealkylation sites (tertiary alicyclic amines) is 1. The van der Waals surface area contributed by atoms with Crippen molar-refractivity contribution in [2.45, 2.75) is 12.8 Å². The number of amides is 1. The lowest BCUT2D eigenvalue weighted by molar-refractivity contribution is 0.0444. The third-order valence-electron chi connectivity index (χ3n) is 4.01. The Balaban J connectivity index is 1.46. The van der Waals surface area contributed by atoms with Crippen molar-refractivity contribution in [2.75, 3.05) is 13.1 Å². The lowest BCUT2D eigenvalue weighted by Crippen LogP contribution is -2.51. The molecule has 0 unspecified atom stereocenters. The van der Waals surface area contributed by atoms with E-state index in [2.05, 4.69) is 15.1 Å². The average molecular weight is 270 g/mol. The number of hydrogen-bond acceptors (Lipinski definition) is 5. The highest BCUT2D eigenvalue weighted by atomic mass is 16.5. The molecule has 0 spiro atoms. The molecular formula is C14H14N4O2. The number of hydrogen-bond donors (Lipinski definition) is 0. The van der Waals surface area contributed by atoms with E-state index < -0.39 is 0 Å². The average Bonchev–Trinajstić information content (AvgIpc) is 3.13. The standard InChI is InChI=1S/C14H14N4O2/c19-14(18-7-11(8-18)9-3-4-9)12-16-13(20-17-12)10-2-1-5-15-6-10/h1-2,5-6,9,11H,3-4,7-8H2. The number of carbonyl (C=O) groups excluding carboxylic acids is 1. The van der Waals surface area contributed by atoms with Gasteiger partial charge in [0.1, 0.15) is 0 Å². The molecular weight excluding hydrogens is 256 g/mol. The number of rotatable bonds is 3. The van der Waals surface area contributed by atoms with E-state index in [9.17, 15) is 4.79 Å². The van der Waals surface area contributed by atoms with Crippen molar-refractivity contribution in [3.8, 4) is 11.5 Å². The van der Waals surface area contributed by atoms with E-state index in [1.165, 1.54) is 12.8 Å². The maximum atomic E-state index is 12.2. The number of aromatic nitrogens is 3. The van der Waals surface area contributed by atoms with Crippen molar-refractivity contribution in [1.29, 1.82) is 0 Å². The van der Waals surface area contributed by atoms with E-state index in [1.54, 1.807) is 23.4 Å². The van der Waals surface area contributed by atoms with E-state index in [1.807, 2.05) is 6.07 Å². The summed E-state index contributed by atoms with van der Waals surface area (Å²) in [6, 6.07) is 3.61. The van der Waals surface area contributed by atoms with Crippen molar-refractivity contribution in [3.63, 3.8) is 0 Å². The molecule has 1 amide bonds. The molecule has 2 aromatic rings. The maximum absolute atomic E-state index is 12.2. The zero-order valence-electron chi connectivity index (χ0n) is 10.9. The first-order chi connectivity index (χ1) is 9.81. The fourth-order valence-electron chi connectivity index (χ4n) is 2.60. The van der Waals surface area contributed by atoms with Gasteiger partial charge in [-0.2, -0.15) is 4.98 Å². The minimum absolute atomic E-state index is 0.137. The molecule has 0 bridgehead atoms. The SMILES string of the molecule is O=C(c1noc(-c2cccnc2)n1)N1CC(C2CC2)C1. The Kier molecular flexibility index (Phi) is 2.55. The number of nitrogens with zero attached hydrogens (tertiary/aromatic N) is 4. The van der Waals surface area contributed by atoms with E-state index in [-0.39, 0.29) is 11.7 Å². The van der Waals surface area contributed by atoms with E-state index in [0.717, 1.165) is 24.6 Å². The van der Waals surface area contributed by atoms with Crippen LogP contribution in [0.15, 0.2) is 29.0 Å². The predicted molar refractivity (Wildman–Crippen MR) is 69.6 cm³/mol. The molecule has 1 saturated heterocycles. The fraction of sp³-hybridized carbons (Fsp3) is 0.429. The molecule has 1 aliphatic carbocycles. The second kappa shape index (κ2) is 4.40. The van der Waals surface area contributed by atoms with Crippen molar-refractivity contribution in [3.05, 3.63) is 30.4 Å². The van der Waals surface area contributed by atoms with Crippen molar-refractivity contribution < 1.29 is 9.32 Å². The van der Waals surface area contributed by atoms with Gasteiger partial charge in [0.25, 0.3) is 17.6 Å². The molecule has 102 valence electrons. The molecule has 4 rings (SSSR count). The van der Waals surface area contributed by atoms with E-state index in [0.29, 0.717) is 11.8 Å². The van der Waals surface area contributed by atoms with Gasteiger partial charge in [-0.25, -0.2) is 0 Å². The maximum Gasteiger partial charge on any atom is 0.295 e. The summed E-state index contributed by atoms with van der Waals surface area (Å²) in [5.74, 6) is 1.86. The van der Waals surface area contributed by atoms with Gasteiger partial charge in [-0.3, -0.25) is 9.78 Å². The quantitative estimate of drug-likeness (QED) is 0.847. The van der Waals surface area contributed by atoms with Crippen molar-refractivity contribution in [2.24, 2.45) is 11.8 Å². The molecule has 2 fully saturated rings. The van der Waals surface area contributed by atoms with Gasteiger partial charge in [-0.15, -0.1) is 0 Å². The topological polar surface area (TPSA) is 72.1 Å². The summed E-state index contributed by atoms with van der Waals surface area (Å²) < 4.78 is 5.13. The highest BCUT2D eigenvalue weighted by Gasteiger charge is 2.42. The molecule has 2 aliphatic rings. The zero-order valence-corrected chi connectivity index (χ0v) is 10.9. The monoisotopic (exact) mass is 270 g/mol. The van der Waals surface area contributed by atoms with Crippen LogP contribution in [0.1, 0.15) is 23.5 Å². The third-order valence-corrected chi connectivity index (χ3v) is 4.01. The largest absolute Gasteiger partial charge is 0.335 e. The molecule has 1 saturated carbocycles. The number of pyridine rings is 1. The summed E-state index contributed by atoms with van der Waals surface area (Å²) in [7, 11) is 0. The van der Waals surface area contributed by atoms with Crippen LogP contribution in [0.2, 0.25) is 0 Å². The Morgan fingerprint density at radius 3 is 2.85 bits per heavy atom. The second-order valence-electron chi connectivity index (χ2n) is 5.47. The van der Waals surface area contributed by atoms with Gasteiger partial charge in [-0.1, -0.05) is 5.16 Å². The molecule has 20 heavy (non-hydrogen) atoms. The fourth-order valence-corrected chi connectivity index (χ4v) is 2.60. The Bertz CT molecular complexity index is 630. The smallest absolute Gasteiger partial charge is 0.295 e. The van der Waals surface area contributed by atoms with Gasteiger partial charge in [0.15, 0.2) is 0 Å². The summed E-state index contributed by atoms with van der Waals surface area (Å²) in [4.78, 5) is 22.1. The summed E-state index contributed by atoms with van der Waals surface area (Å²) in [5.41, 5.74) is 0.721. The minimum atomic E-state index is -0.138. The van der Waals surface area contributed by atoms with Crippen LogP contribution in [-0.4, -0.2) is 39.0 Å². The number of carbonyl (C=O) groups is 1. The molecule has 0 atom stereocenters. The molecule has 3 heterocycles. The van der Waals surface area contributed by atoms with Crippen LogP contribution < -0.4 is 0 Å². The summed E-state index contributed by atoms with van der Waals surface area (Å²) in [6.45, 7) is 1.67. The lowest BCUT2D eigenvalue weighted by atomic mass is 9.95. The van der Waals surface area contributed by atoms with Crippen LogP contribution >= 0.6 is 0 Å². The highest BCUT2D eigenvalue weighted by Crippen LogP contribution is 2.41. The normalized spacial score (nSPS) is 18.9. The van der Waals surface area contributed by atoms with E-state index >= 15 is 0 Å². The van der Waals surface area contributed by atoms with Crippen LogP contribution in [0.4, 0.5) is 0 Å². The molecule has 0 aromatic carbocycles. The van der Waals surface area contributed by atoms with Crippen molar-refractivity contribution in [1.82, 2.24) is 20.0 Å².